The first-order valence-corrected chi connectivity index (χ1v) is 11.4. The van der Waals surface area contributed by atoms with Crippen LogP contribution in [0.4, 0.5) is 4.39 Å². The van der Waals surface area contributed by atoms with Crippen LogP contribution >= 0.6 is 0 Å². The van der Waals surface area contributed by atoms with E-state index in [1.165, 1.54) is 6.08 Å². The Labute approximate surface area is 189 Å². The maximum atomic E-state index is 13.8. The van der Waals surface area contributed by atoms with Crippen molar-refractivity contribution in [1.29, 1.82) is 0 Å². The molecule has 0 unspecified atom stereocenters. The Morgan fingerprint density at radius 3 is 2.59 bits per heavy atom. The van der Waals surface area contributed by atoms with E-state index < -0.39 is 5.83 Å². The van der Waals surface area contributed by atoms with Crippen molar-refractivity contribution < 1.29 is 9.18 Å². The normalized spacial score (nSPS) is 20.9. The molecule has 0 saturated heterocycles. The van der Waals surface area contributed by atoms with Gasteiger partial charge < -0.3 is 4.90 Å². The average Bonchev–Trinajstić information content (AvgIpc) is 3.45. The second kappa shape index (κ2) is 8.52. The number of nitrogens with zero attached hydrogens (tertiary/aromatic N) is 5. The molecule has 2 aromatic rings. The van der Waals surface area contributed by atoms with Crippen molar-refractivity contribution in [2.45, 2.75) is 71.0 Å². The van der Waals surface area contributed by atoms with Crippen molar-refractivity contribution >= 4 is 11.5 Å². The second-order valence-corrected chi connectivity index (χ2v) is 8.81. The van der Waals surface area contributed by atoms with Crippen LogP contribution in [0.3, 0.4) is 0 Å². The van der Waals surface area contributed by atoms with Gasteiger partial charge in [0, 0.05) is 29.9 Å². The standard InChI is InChI=1S/C25H32FN5O/c1-7-17(12-15(4)26)24-20-13-18(8-2)30(22(9-3)23(20)28-29(24)6)25(32)21-14-27-31(16(21)5)19-10-11-19/h7,12,14,18-19,22H,1,4,8-11,13H2,2-3,5-6H3/b17-12+/t18-,22+/m0/s1. The Bertz CT molecular complexity index is 1100. The summed E-state index contributed by atoms with van der Waals surface area (Å²) < 4.78 is 17.4. The molecule has 0 radical (unpaired) electrons. The zero-order valence-electron chi connectivity index (χ0n) is 19.4. The number of amides is 1. The summed E-state index contributed by atoms with van der Waals surface area (Å²) in [6, 6.07) is 0.298. The highest BCUT2D eigenvalue weighted by atomic mass is 19.1. The van der Waals surface area contributed by atoms with Crippen LogP contribution in [0.15, 0.2) is 37.3 Å². The molecule has 1 amide bonds. The third-order valence-electron chi connectivity index (χ3n) is 6.73. The Morgan fingerprint density at radius 1 is 1.31 bits per heavy atom. The number of aryl methyl sites for hydroxylation is 1. The van der Waals surface area contributed by atoms with Crippen LogP contribution in [0.2, 0.25) is 0 Å². The topological polar surface area (TPSA) is 56.0 Å². The van der Waals surface area contributed by atoms with Crippen molar-refractivity contribution in [1.82, 2.24) is 24.5 Å². The fraction of sp³-hybridized carbons (Fsp3) is 0.480. The van der Waals surface area contributed by atoms with Gasteiger partial charge in [0.05, 0.1) is 35.2 Å². The molecule has 0 N–H and O–H groups in total. The number of hydrogen-bond acceptors (Lipinski definition) is 3. The fourth-order valence-electron chi connectivity index (χ4n) is 5.03. The number of halogens is 1. The van der Waals surface area contributed by atoms with E-state index in [9.17, 15) is 9.18 Å². The first kappa shape index (κ1) is 22.2. The van der Waals surface area contributed by atoms with Crippen LogP contribution in [0.1, 0.15) is 84.6 Å². The fourth-order valence-corrected chi connectivity index (χ4v) is 5.03. The van der Waals surface area contributed by atoms with Gasteiger partial charge in [-0.1, -0.05) is 33.1 Å². The molecule has 0 spiro atoms. The SMILES string of the molecule is C=C/C(=C\C(=C)F)c1c2c(nn1C)[C@@H](CC)N(C(=O)c1cnn(C3CC3)c1C)[C@@H](CC)C2. The lowest BCUT2D eigenvalue weighted by Crippen LogP contribution is -2.47. The Morgan fingerprint density at radius 2 is 2.03 bits per heavy atom. The monoisotopic (exact) mass is 437 g/mol. The molecule has 6 nitrogen and oxygen atoms in total. The van der Waals surface area contributed by atoms with Crippen molar-refractivity contribution in [2.75, 3.05) is 0 Å². The summed E-state index contributed by atoms with van der Waals surface area (Å²) in [5.41, 5.74) is 5.05. The van der Waals surface area contributed by atoms with Crippen LogP contribution in [-0.2, 0) is 13.5 Å². The molecular formula is C25H32FN5O. The van der Waals surface area contributed by atoms with Gasteiger partial charge in [-0.3, -0.25) is 14.2 Å². The van der Waals surface area contributed by atoms with E-state index in [0.717, 1.165) is 48.3 Å². The van der Waals surface area contributed by atoms with Gasteiger partial charge >= 0.3 is 0 Å². The van der Waals surface area contributed by atoms with Gasteiger partial charge in [0.15, 0.2) is 0 Å². The molecule has 0 bridgehead atoms. The third-order valence-corrected chi connectivity index (χ3v) is 6.73. The van der Waals surface area contributed by atoms with Crippen molar-refractivity contribution in [3.63, 3.8) is 0 Å². The molecule has 32 heavy (non-hydrogen) atoms. The highest BCUT2D eigenvalue weighted by Gasteiger charge is 2.41. The highest BCUT2D eigenvalue weighted by molar-refractivity contribution is 5.96. The summed E-state index contributed by atoms with van der Waals surface area (Å²) in [6.07, 6.45) is 9.21. The molecule has 2 aromatic heterocycles. The molecule has 1 fully saturated rings. The number of hydrogen-bond donors (Lipinski definition) is 0. The molecule has 7 heteroatoms. The first-order chi connectivity index (χ1) is 15.3. The van der Waals surface area contributed by atoms with Gasteiger partial charge in [-0.2, -0.15) is 10.2 Å². The summed E-state index contributed by atoms with van der Waals surface area (Å²) >= 11 is 0. The molecular weight excluding hydrogens is 405 g/mol. The van der Waals surface area contributed by atoms with Crippen LogP contribution in [0, 0.1) is 6.92 Å². The van der Waals surface area contributed by atoms with E-state index in [1.54, 1.807) is 17.0 Å². The lowest BCUT2D eigenvalue weighted by atomic mass is 9.87. The molecule has 1 aliphatic heterocycles. The number of allylic oxidation sites excluding steroid dienone is 4. The average molecular weight is 438 g/mol. The number of carbonyl (C=O) groups is 1. The van der Waals surface area contributed by atoms with Gasteiger partial charge in [-0.15, -0.1) is 0 Å². The van der Waals surface area contributed by atoms with Gasteiger partial charge in [-0.05, 0) is 45.1 Å². The van der Waals surface area contributed by atoms with Crippen molar-refractivity contribution in [2.24, 2.45) is 7.05 Å². The lowest BCUT2D eigenvalue weighted by Gasteiger charge is -2.41. The molecule has 2 aliphatic rings. The van der Waals surface area contributed by atoms with E-state index in [2.05, 4.69) is 32.1 Å². The maximum absolute atomic E-state index is 13.8. The largest absolute Gasteiger partial charge is 0.327 e. The summed E-state index contributed by atoms with van der Waals surface area (Å²) in [7, 11) is 1.86. The smallest absolute Gasteiger partial charge is 0.258 e. The van der Waals surface area contributed by atoms with Crippen molar-refractivity contribution in [3.05, 3.63) is 65.5 Å². The van der Waals surface area contributed by atoms with Gasteiger partial charge in [0.1, 0.15) is 5.83 Å². The molecule has 1 aliphatic carbocycles. The summed E-state index contributed by atoms with van der Waals surface area (Å²) in [5.74, 6) is -0.507. The maximum Gasteiger partial charge on any atom is 0.258 e. The minimum Gasteiger partial charge on any atom is -0.327 e. The van der Waals surface area contributed by atoms with E-state index in [0.29, 0.717) is 23.6 Å². The molecule has 170 valence electrons. The van der Waals surface area contributed by atoms with Crippen molar-refractivity contribution in [3.8, 4) is 0 Å². The minimum atomic E-state index is -0.523. The molecule has 2 atom stereocenters. The van der Waals surface area contributed by atoms with Crippen LogP contribution in [-0.4, -0.2) is 36.4 Å². The Hall–Kier alpha value is -2.96. The lowest BCUT2D eigenvalue weighted by molar-refractivity contribution is 0.0511. The zero-order valence-corrected chi connectivity index (χ0v) is 19.4. The second-order valence-electron chi connectivity index (χ2n) is 8.81. The first-order valence-electron chi connectivity index (χ1n) is 11.4. The van der Waals surface area contributed by atoms with Crippen LogP contribution in [0.5, 0.6) is 0 Å². The quantitative estimate of drug-likeness (QED) is 0.557. The summed E-state index contributed by atoms with van der Waals surface area (Å²) in [6.45, 7) is 13.4. The minimum absolute atomic E-state index is 0.0163. The molecule has 4 rings (SSSR count). The predicted molar refractivity (Wildman–Crippen MR) is 124 cm³/mol. The van der Waals surface area contributed by atoms with Crippen LogP contribution in [0.25, 0.3) is 5.57 Å². The zero-order chi connectivity index (χ0) is 23.2. The highest BCUT2D eigenvalue weighted by Crippen LogP contribution is 2.41. The van der Waals surface area contributed by atoms with E-state index in [4.69, 9.17) is 5.10 Å². The van der Waals surface area contributed by atoms with Gasteiger partial charge in [0.2, 0.25) is 0 Å². The number of aromatic nitrogens is 4. The third kappa shape index (κ3) is 3.63. The Kier molecular flexibility index (Phi) is 5.93. The molecule has 3 heterocycles. The predicted octanol–water partition coefficient (Wildman–Crippen LogP) is 5.24. The van der Waals surface area contributed by atoms with E-state index >= 15 is 0 Å². The van der Waals surface area contributed by atoms with Gasteiger partial charge in [0.25, 0.3) is 5.91 Å². The Balaban J connectivity index is 1.78. The molecule has 1 saturated carbocycles. The summed E-state index contributed by atoms with van der Waals surface area (Å²) in [4.78, 5) is 15.8. The number of carbonyl (C=O) groups excluding carboxylic acids is 1. The van der Waals surface area contributed by atoms with E-state index in [-0.39, 0.29) is 18.0 Å². The summed E-state index contributed by atoms with van der Waals surface area (Å²) in [5, 5.41) is 9.31. The van der Waals surface area contributed by atoms with Gasteiger partial charge in [-0.25, -0.2) is 4.39 Å². The van der Waals surface area contributed by atoms with E-state index in [1.807, 2.05) is 23.6 Å². The van der Waals surface area contributed by atoms with Crippen LogP contribution < -0.4 is 0 Å². The number of fused-ring (bicyclic) bond motifs is 1. The number of rotatable bonds is 7. The molecule has 0 aromatic carbocycles.